The first-order valence-electron chi connectivity index (χ1n) is 10.4. The van der Waals surface area contributed by atoms with E-state index < -0.39 is 17.9 Å². The molecule has 0 bridgehead atoms. The number of hydrogen-bond donors (Lipinski definition) is 0. The second kappa shape index (κ2) is 9.02. The Labute approximate surface area is 155 Å². The van der Waals surface area contributed by atoms with Gasteiger partial charge in [-0.3, -0.25) is 0 Å². The summed E-state index contributed by atoms with van der Waals surface area (Å²) in [6.45, 7) is 14.9. The second-order valence-corrected chi connectivity index (χ2v) is 14.9. The van der Waals surface area contributed by atoms with E-state index in [1.165, 1.54) is 64.2 Å². The lowest BCUT2D eigenvalue weighted by Crippen LogP contribution is -2.51. The number of nitrogens with zero attached hydrogens (tertiary/aromatic N) is 2. The first-order valence-corrected chi connectivity index (χ1v) is 14.8. The third kappa shape index (κ3) is 5.45. The van der Waals surface area contributed by atoms with Gasteiger partial charge in [0.05, 0.1) is 12.1 Å². The summed E-state index contributed by atoms with van der Waals surface area (Å²) in [6, 6.07) is 1.63. The zero-order valence-electron chi connectivity index (χ0n) is 17.2. The van der Waals surface area contributed by atoms with E-state index in [4.69, 9.17) is 0 Å². The van der Waals surface area contributed by atoms with Crippen molar-refractivity contribution in [2.75, 3.05) is 0 Å². The maximum absolute atomic E-state index is 2.90. The van der Waals surface area contributed by atoms with Gasteiger partial charge in [0.15, 0.2) is 0 Å². The predicted octanol–water partition coefficient (Wildman–Crippen LogP) is 5.67. The van der Waals surface area contributed by atoms with Crippen LogP contribution in [0.25, 0.3) is 0 Å². The first kappa shape index (κ1) is 20.2. The smallest absolute Gasteiger partial charge is 0.297 e. The van der Waals surface area contributed by atoms with Crippen molar-refractivity contribution in [3.8, 4) is 0 Å². The Balaban J connectivity index is 2.28. The maximum Gasteiger partial charge on any atom is 0.297 e. The lowest BCUT2D eigenvalue weighted by Gasteiger charge is -2.36. The first-order chi connectivity index (χ1) is 11.3. The maximum atomic E-state index is 2.90. The second-order valence-electron chi connectivity index (χ2n) is 9.30. The molecule has 2 aliphatic rings. The van der Waals surface area contributed by atoms with Crippen molar-refractivity contribution in [2.45, 2.75) is 122 Å². The van der Waals surface area contributed by atoms with E-state index in [2.05, 4.69) is 55.6 Å². The summed E-state index contributed by atoms with van der Waals surface area (Å²) >= 11 is 0. The van der Waals surface area contributed by atoms with Gasteiger partial charge in [-0.25, -0.2) is 0 Å². The van der Waals surface area contributed by atoms with E-state index in [0.29, 0.717) is 5.04 Å². The van der Waals surface area contributed by atoms with Crippen LogP contribution in [0.1, 0.15) is 85.0 Å². The zero-order valence-corrected chi connectivity index (χ0v) is 19.2. The van der Waals surface area contributed by atoms with E-state index in [1.54, 1.807) is 0 Å². The molecular formula is C20H41N2Si2+. The van der Waals surface area contributed by atoms with Crippen LogP contribution in [0.2, 0.25) is 24.7 Å². The minimum absolute atomic E-state index is 0.430. The third-order valence-electron chi connectivity index (χ3n) is 6.17. The molecule has 2 fully saturated rings. The molecule has 0 aromatic heterocycles. The molecule has 0 N–H and O–H groups in total. The summed E-state index contributed by atoms with van der Waals surface area (Å²) in [6.07, 6.45) is 17.0. The largest absolute Gasteiger partial charge is 0.314 e. The molecule has 2 radical (unpaired) electrons. The van der Waals surface area contributed by atoms with Gasteiger partial charge >= 0.3 is 0 Å². The lowest BCUT2D eigenvalue weighted by molar-refractivity contribution is -0.446. The molecule has 4 heteroatoms. The van der Waals surface area contributed by atoms with Crippen molar-refractivity contribution < 1.29 is 4.24 Å². The predicted molar refractivity (Wildman–Crippen MR) is 111 cm³/mol. The Morgan fingerprint density at radius 2 is 1.33 bits per heavy atom. The van der Waals surface area contributed by atoms with Crippen LogP contribution in [-0.4, -0.2) is 45.1 Å². The molecule has 0 heterocycles. The van der Waals surface area contributed by atoms with Crippen molar-refractivity contribution in [3.63, 3.8) is 0 Å². The molecule has 0 unspecified atom stereocenters. The summed E-state index contributed by atoms with van der Waals surface area (Å²) in [5.74, 6) is 0. The molecule has 24 heavy (non-hydrogen) atoms. The normalized spacial score (nSPS) is 22.4. The van der Waals surface area contributed by atoms with Gasteiger partial charge in [0, 0.05) is 0 Å². The molecule has 138 valence electrons. The van der Waals surface area contributed by atoms with Crippen molar-refractivity contribution in [1.29, 1.82) is 0 Å². The molecule has 0 aromatic carbocycles. The molecule has 0 atom stereocenters. The van der Waals surface area contributed by atoms with Gasteiger partial charge in [-0.05, 0) is 76.0 Å². The van der Waals surface area contributed by atoms with Gasteiger partial charge < -0.3 is 8.81 Å². The van der Waals surface area contributed by atoms with Gasteiger partial charge in [-0.2, -0.15) is 0 Å². The van der Waals surface area contributed by atoms with Gasteiger partial charge in [0.2, 0.25) is 6.34 Å². The molecule has 0 aromatic rings. The molecule has 2 nitrogen and oxygen atoms in total. The summed E-state index contributed by atoms with van der Waals surface area (Å²) < 4.78 is 5.74. The third-order valence-corrected chi connectivity index (χ3v) is 11.1. The molecule has 2 rings (SSSR count). The molecule has 0 spiro atoms. The summed E-state index contributed by atoms with van der Waals surface area (Å²) in [7, 11) is -0.986. The summed E-state index contributed by atoms with van der Waals surface area (Å²) in [5, 5.41) is 0.436. The quantitative estimate of drug-likeness (QED) is 0.346. The minimum atomic E-state index is -0.556. The molecule has 0 aliphatic heterocycles. The minimum Gasteiger partial charge on any atom is -0.314 e. The van der Waals surface area contributed by atoms with E-state index >= 15 is 0 Å². The average Bonchev–Trinajstić information content (AvgIpc) is 2.55. The van der Waals surface area contributed by atoms with E-state index in [-0.39, 0.29) is 0 Å². The highest BCUT2D eigenvalue weighted by Crippen LogP contribution is 2.31. The van der Waals surface area contributed by atoms with Crippen LogP contribution in [0.4, 0.5) is 0 Å². The van der Waals surface area contributed by atoms with Crippen molar-refractivity contribution in [1.82, 2.24) is 4.57 Å². The monoisotopic (exact) mass is 365 g/mol. The summed E-state index contributed by atoms with van der Waals surface area (Å²) in [5.41, 5.74) is 0. The lowest BCUT2D eigenvalue weighted by atomic mass is 9.95. The molecular weight excluding hydrogens is 324 g/mol. The number of hydrogen-bond acceptors (Lipinski definition) is 0. The molecule has 2 aliphatic carbocycles. The molecule has 2 saturated carbocycles. The van der Waals surface area contributed by atoms with E-state index in [1.807, 2.05) is 0 Å². The van der Waals surface area contributed by atoms with Crippen LogP contribution in [0.3, 0.4) is 0 Å². The fraction of sp³-hybridized carbons (Fsp3) is 0.950. The Morgan fingerprint density at radius 1 is 0.833 bits per heavy atom. The van der Waals surface area contributed by atoms with Crippen LogP contribution in [0, 0.1) is 0 Å². The zero-order chi connectivity index (χ0) is 17.7. The number of rotatable bonds is 5. The van der Waals surface area contributed by atoms with Crippen LogP contribution in [0.5, 0.6) is 0 Å². The van der Waals surface area contributed by atoms with Crippen molar-refractivity contribution >= 4 is 24.3 Å². The molecule has 0 saturated heterocycles. The Bertz CT molecular complexity index is 402. The summed E-state index contributed by atoms with van der Waals surface area (Å²) in [4.78, 5) is 0. The Morgan fingerprint density at radius 3 is 1.79 bits per heavy atom. The van der Waals surface area contributed by atoms with Gasteiger partial charge in [-0.1, -0.05) is 33.6 Å². The van der Waals surface area contributed by atoms with E-state index in [9.17, 15) is 0 Å². The fourth-order valence-electron chi connectivity index (χ4n) is 4.27. The SMILES string of the molecule is C[Si](C)N(/C=[N+](/C1CCCCC1)[Si](C)C(C)(C)C)C1CCCCC1. The van der Waals surface area contributed by atoms with Crippen LogP contribution < -0.4 is 0 Å². The van der Waals surface area contributed by atoms with Gasteiger partial charge in [0.1, 0.15) is 0 Å². The van der Waals surface area contributed by atoms with Crippen LogP contribution >= 0.6 is 0 Å². The molecule has 0 amide bonds. The van der Waals surface area contributed by atoms with Crippen molar-refractivity contribution in [3.05, 3.63) is 0 Å². The van der Waals surface area contributed by atoms with Gasteiger partial charge in [0.25, 0.3) is 17.9 Å². The van der Waals surface area contributed by atoms with Crippen LogP contribution in [-0.2, 0) is 0 Å². The highest BCUT2D eigenvalue weighted by atomic mass is 28.3. The highest BCUT2D eigenvalue weighted by molar-refractivity contribution is 6.56. The Kier molecular flexibility index (Phi) is 7.60. The standard InChI is InChI=1S/C20H41N2Si2/c1-20(2,3)24(6)22(19-15-11-8-12-16-19)17-21(23(4)5)18-13-9-7-10-14-18/h17-19H,7-16H2,1-6H3/q+1. The van der Waals surface area contributed by atoms with Crippen LogP contribution in [0.15, 0.2) is 0 Å². The van der Waals surface area contributed by atoms with E-state index in [0.717, 1.165) is 12.1 Å². The van der Waals surface area contributed by atoms with Gasteiger partial charge in [-0.15, -0.1) is 0 Å². The highest BCUT2D eigenvalue weighted by Gasteiger charge is 2.37. The van der Waals surface area contributed by atoms with Crippen molar-refractivity contribution in [2.24, 2.45) is 0 Å². The fourth-order valence-corrected chi connectivity index (χ4v) is 7.61. The Hall–Kier alpha value is -0.0962. The topological polar surface area (TPSA) is 6.25 Å². The average molecular weight is 366 g/mol.